The van der Waals surface area contributed by atoms with Crippen LogP contribution in [-0.4, -0.2) is 140 Å². The predicted molar refractivity (Wildman–Crippen MR) is 327 cm³/mol. The first kappa shape index (κ1) is 75.0. The third-order valence-electron chi connectivity index (χ3n) is 16.2. The van der Waals surface area contributed by atoms with E-state index in [2.05, 4.69) is 55.6 Å². The molecule has 0 aliphatic carbocycles. The molecule has 0 radical (unpaired) electrons. The van der Waals surface area contributed by atoms with Gasteiger partial charge < -0.3 is 65.1 Å². The fraction of sp³-hybridized carbons (Fsp3) is 0.866. The summed E-state index contributed by atoms with van der Waals surface area (Å²) >= 11 is 0. The van der Waals surface area contributed by atoms with Crippen LogP contribution in [0.4, 0.5) is 0 Å². The Labute approximate surface area is 493 Å². The Morgan fingerprint density at radius 2 is 0.827 bits per heavy atom. The van der Waals surface area contributed by atoms with Crippen molar-refractivity contribution in [2.24, 2.45) is 0 Å². The molecule has 2 fully saturated rings. The van der Waals surface area contributed by atoms with Gasteiger partial charge in [-0.1, -0.05) is 255 Å². The summed E-state index contributed by atoms with van der Waals surface area (Å²) in [5.74, 6) is -0.261. The summed E-state index contributed by atoms with van der Waals surface area (Å²) in [4.78, 5) is 13.3. The van der Waals surface area contributed by atoms with Crippen LogP contribution in [0.25, 0.3) is 0 Å². The van der Waals surface area contributed by atoms with Gasteiger partial charge in [-0.15, -0.1) is 0 Å². The van der Waals surface area contributed by atoms with Gasteiger partial charge in [0.05, 0.1) is 32.0 Å². The summed E-state index contributed by atoms with van der Waals surface area (Å²) in [6.45, 7) is 2.77. The van der Waals surface area contributed by atoms with E-state index in [4.69, 9.17) is 18.9 Å². The second-order valence-electron chi connectivity index (χ2n) is 23.6. The molecule has 0 aromatic carbocycles. The highest BCUT2D eigenvalue weighted by atomic mass is 16.7. The van der Waals surface area contributed by atoms with Gasteiger partial charge in [-0.25, -0.2) is 0 Å². The van der Waals surface area contributed by atoms with Crippen molar-refractivity contribution in [2.75, 3.05) is 19.8 Å². The molecule has 2 heterocycles. The predicted octanol–water partition coefficient (Wildman–Crippen LogP) is 12.7. The number of aliphatic hydroxyl groups is 8. The number of nitrogens with one attached hydrogen (secondary N) is 1. The highest BCUT2D eigenvalue weighted by molar-refractivity contribution is 5.76. The van der Waals surface area contributed by atoms with E-state index in [9.17, 15) is 45.6 Å². The zero-order valence-electron chi connectivity index (χ0n) is 51.3. The highest BCUT2D eigenvalue weighted by Crippen LogP contribution is 2.30. The molecule has 0 saturated carbocycles. The van der Waals surface area contributed by atoms with E-state index in [1.807, 2.05) is 6.08 Å². The molecule has 0 spiro atoms. The minimum absolute atomic E-state index is 0.257. The number of carbonyl (C=O) groups excluding carboxylic acids is 1. The van der Waals surface area contributed by atoms with Crippen LogP contribution in [0, 0.1) is 0 Å². The van der Waals surface area contributed by atoms with Crippen molar-refractivity contribution < 1.29 is 64.6 Å². The highest BCUT2D eigenvalue weighted by Gasteiger charge is 2.51. The number of rotatable bonds is 54. The van der Waals surface area contributed by atoms with E-state index in [0.717, 1.165) is 57.8 Å². The Balaban J connectivity index is 1.69. The van der Waals surface area contributed by atoms with Gasteiger partial charge in [0, 0.05) is 6.42 Å². The zero-order chi connectivity index (χ0) is 58.8. The molecule has 1 amide bonds. The molecule has 2 aliphatic rings. The number of hydrogen-bond donors (Lipinski definition) is 9. The summed E-state index contributed by atoms with van der Waals surface area (Å²) in [7, 11) is 0. The van der Waals surface area contributed by atoms with Gasteiger partial charge in [-0.05, 0) is 64.2 Å². The van der Waals surface area contributed by atoms with Crippen LogP contribution in [0.15, 0.2) is 48.6 Å². The van der Waals surface area contributed by atoms with Gasteiger partial charge in [0.1, 0.15) is 48.8 Å². The molecule has 12 atom stereocenters. The molecule has 14 nitrogen and oxygen atoms in total. The average Bonchev–Trinajstić information content (AvgIpc) is 3.62. The van der Waals surface area contributed by atoms with E-state index in [1.165, 1.54) is 186 Å². The molecule has 2 rings (SSSR count). The number of ether oxygens (including phenoxy) is 4. The van der Waals surface area contributed by atoms with Crippen LogP contribution in [0.1, 0.15) is 277 Å². The summed E-state index contributed by atoms with van der Waals surface area (Å²) in [6, 6.07) is -0.941. The number of amides is 1. The van der Waals surface area contributed by atoms with E-state index in [1.54, 1.807) is 6.08 Å². The minimum atomic E-state index is -1.79. The van der Waals surface area contributed by atoms with Crippen LogP contribution >= 0.6 is 0 Å². The lowest BCUT2D eigenvalue weighted by molar-refractivity contribution is -0.359. The van der Waals surface area contributed by atoms with Gasteiger partial charge in [-0.2, -0.15) is 0 Å². The summed E-state index contributed by atoms with van der Waals surface area (Å²) in [5, 5.41) is 87.2. The molecule has 0 aromatic heterocycles. The molecule has 12 unspecified atom stereocenters. The van der Waals surface area contributed by atoms with Crippen LogP contribution in [0.2, 0.25) is 0 Å². The molecule has 0 bridgehead atoms. The van der Waals surface area contributed by atoms with Crippen LogP contribution < -0.4 is 5.32 Å². The first-order valence-corrected chi connectivity index (χ1v) is 33.4. The van der Waals surface area contributed by atoms with Crippen molar-refractivity contribution in [3.8, 4) is 0 Å². The van der Waals surface area contributed by atoms with Crippen molar-refractivity contribution in [2.45, 2.75) is 351 Å². The Hall–Kier alpha value is -2.05. The second-order valence-corrected chi connectivity index (χ2v) is 23.6. The van der Waals surface area contributed by atoms with E-state index in [0.29, 0.717) is 12.8 Å². The van der Waals surface area contributed by atoms with Crippen molar-refractivity contribution in [3.05, 3.63) is 48.6 Å². The quantitative estimate of drug-likeness (QED) is 0.0204. The lowest BCUT2D eigenvalue weighted by Gasteiger charge is -2.46. The number of unbranched alkanes of at least 4 members (excludes halogenated alkanes) is 35. The second kappa shape index (κ2) is 52.3. The maximum atomic E-state index is 13.3. The van der Waals surface area contributed by atoms with Crippen molar-refractivity contribution in [1.29, 1.82) is 0 Å². The first-order chi connectivity index (χ1) is 39.6. The summed E-state index contributed by atoms with van der Waals surface area (Å²) in [5.41, 5.74) is 0. The third-order valence-corrected chi connectivity index (χ3v) is 16.2. The topological polar surface area (TPSA) is 228 Å². The van der Waals surface area contributed by atoms with Gasteiger partial charge in [0.15, 0.2) is 12.6 Å². The Kier molecular flexibility index (Phi) is 48.5. The maximum absolute atomic E-state index is 13.3. The minimum Gasteiger partial charge on any atom is -0.394 e. The van der Waals surface area contributed by atoms with Crippen molar-refractivity contribution in [3.63, 3.8) is 0 Å². The Morgan fingerprint density at radius 1 is 0.444 bits per heavy atom. The van der Waals surface area contributed by atoms with Crippen molar-refractivity contribution in [1.82, 2.24) is 5.32 Å². The normalized spacial score (nSPS) is 24.4. The number of allylic oxidation sites excluding steroid dienone is 7. The van der Waals surface area contributed by atoms with Crippen molar-refractivity contribution >= 4 is 5.91 Å². The largest absolute Gasteiger partial charge is 0.394 e. The molecule has 2 aliphatic heterocycles. The molecular weight excluding hydrogens is 1030 g/mol. The fourth-order valence-electron chi connectivity index (χ4n) is 10.9. The van der Waals surface area contributed by atoms with Gasteiger partial charge in [-0.3, -0.25) is 4.79 Å². The third kappa shape index (κ3) is 37.2. The smallest absolute Gasteiger partial charge is 0.220 e. The number of carbonyl (C=O) groups is 1. The van der Waals surface area contributed by atoms with Crippen LogP contribution in [-0.2, 0) is 23.7 Å². The molecule has 14 heteroatoms. The first-order valence-electron chi connectivity index (χ1n) is 33.4. The number of hydrogen-bond acceptors (Lipinski definition) is 13. The molecule has 9 N–H and O–H groups in total. The van der Waals surface area contributed by atoms with Gasteiger partial charge >= 0.3 is 0 Å². The van der Waals surface area contributed by atoms with Crippen LogP contribution in [0.5, 0.6) is 0 Å². The standard InChI is InChI=1S/C67H123NO13/c1-3-5-7-9-11-13-15-17-19-21-22-23-24-25-26-27-28-29-30-31-32-33-34-35-36-38-40-42-44-46-48-50-56(71)55(68-59(72)51-49-47-45-43-41-39-37-20-18-16-14-12-10-8-6-4-2)54-78-66-64(77)62(75)65(58(53-70)80-66)81-67-63(76)61(74)60(73)57(52-69)79-67/h14,16,20,37,40,42,48,50,55-58,60-67,69-71,73-77H,3-13,15,17-19,21-36,38-39,41,43-47,49,51-54H2,1-2H3,(H,68,72)/b16-14-,37-20-,42-40+,50-48+. The van der Waals surface area contributed by atoms with Gasteiger partial charge in [0.25, 0.3) is 0 Å². The van der Waals surface area contributed by atoms with Crippen LogP contribution in [0.3, 0.4) is 0 Å². The summed E-state index contributed by atoms with van der Waals surface area (Å²) < 4.78 is 22.8. The molecular formula is C67H123NO13. The molecule has 474 valence electrons. The monoisotopic (exact) mass is 1150 g/mol. The molecule has 2 saturated heterocycles. The molecule has 0 aromatic rings. The van der Waals surface area contributed by atoms with E-state index >= 15 is 0 Å². The fourth-order valence-corrected chi connectivity index (χ4v) is 10.9. The lowest BCUT2D eigenvalue weighted by Crippen LogP contribution is -2.65. The molecule has 81 heavy (non-hydrogen) atoms. The van der Waals surface area contributed by atoms with E-state index < -0.39 is 86.8 Å². The zero-order valence-corrected chi connectivity index (χ0v) is 51.3. The number of aliphatic hydroxyl groups excluding tert-OH is 8. The Bertz CT molecular complexity index is 1540. The average molecular weight is 1150 g/mol. The maximum Gasteiger partial charge on any atom is 0.220 e. The SMILES string of the molecule is CCCCCC/C=C\C/C=C\CCCCCCCC(=O)NC(COC1OC(CO)C(OC2OC(CO)C(O)C(O)C2O)C(O)C1O)C(O)/C=C/CC/C=C/CCCCCCCCCCCCCCCCCCCCCCCCCCC. The van der Waals surface area contributed by atoms with E-state index in [-0.39, 0.29) is 18.9 Å². The lowest BCUT2D eigenvalue weighted by atomic mass is 9.97. The summed E-state index contributed by atoms with van der Waals surface area (Å²) in [6.07, 6.45) is 50.4. The Morgan fingerprint density at radius 3 is 1.30 bits per heavy atom. The van der Waals surface area contributed by atoms with Gasteiger partial charge in [0.2, 0.25) is 5.91 Å².